The predicted octanol–water partition coefficient (Wildman–Crippen LogP) is 2.42. The summed E-state index contributed by atoms with van der Waals surface area (Å²) in [4.78, 5) is 13.2. The summed E-state index contributed by atoms with van der Waals surface area (Å²) >= 11 is 0. The highest BCUT2D eigenvalue weighted by atomic mass is 16.6. The molecule has 0 radical (unpaired) electrons. The summed E-state index contributed by atoms with van der Waals surface area (Å²) in [6.07, 6.45) is 1.73. The van der Waals surface area contributed by atoms with Gasteiger partial charge in [0.2, 0.25) is 0 Å². The molecule has 1 aromatic carbocycles. The monoisotopic (exact) mass is 191 g/mol. The van der Waals surface area contributed by atoms with E-state index in [1.54, 1.807) is 4.90 Å². The minimum Gasteiger partial charge on any atom is -0.449 e. The highest BCUT2D eigenvalue weighted by Gasteiger charge is 2.18. The van der Waals surface area contributed by atoms with Gasteiger partial charge in [0.15, 0.2) is 0 Å². The number of carbonyl (C=O) groups excluding carboxylic acids is 1. The molecule has 0 saturated carbocycles. The van der Waals surface area contributed by atoms with Crippen LogP contribution in [0, 0.1) is 0 Å². The molecule has 0 aliphatic carbocycles. The summed E-state index contributed by atoms with van der Waals surface area (Å²) in [6.45, 7) is 1.30. The molecule has 0 atom stereocenters. The van der Waals surface area contributed by atoms with Crippen LogP contribution in [-0.2, 0) is 4.74 Å². The molecule has 14 heavy (non-hydrogen) atoms. The van der Waals surface area contributed by atoms with E-state index in [4.69, 9.17) is 4.74 Å². The maximum absolute atomic E-state index is 11.5. The Balaban J connectivity index is 2.19. The number of carbonyl (C=O) groups is 1. The van der Waals surface area contributed by atoms with Crippen LogP contribution < -0.4 is 4.90 Å². The molecule has 1 saturated heterocycles. The van der Waals surface area contributed by atoms with Crippen molar-refractivity contribution in [2.24, 2.45) is 0 Å². The van der Waals surface area contributed by atoms with E-state index in [9.17, 15) is 4.79 Å². The van der Waals surface area contributed by atoms with Crippen molar-refractivity contribution in [1.82, 2.24) is 0 Å². The Morgan fingerprint density at radius 3 is 2.71 bits per heavy atom. The van der Waals surface area contributed by atoms with E-state index in [0.717, 1.165) is 25.1 Å². The molecule has 0 bridgehead atoms. The molecule has 3 heteroatoms. The minimum absolute atomic E-state index is 0.228. The van der Waals surface area contributed by atoms with Crippen molar-refractivity contribution in [1.29, 1.82) is 0 Å². The lowest BCUT2D eigenvalue weighted by molar-refractivity contribution is 0.159. The van der Waals surface area contributed by atoms with Crippen LogP contribution in [0.3, 0.4) is 0 Å². The van der Waals surface area contributed by atoms with Gasteiger partial charge in [-0.25, -0.2) is 4.79 Å². The summed E-state index contributed by atoms with van der Waals surface area (Å²) in [5.74, 6) is 0. The lowest BCUT2D eigenvalue weighted by Crippen LogP contribution is -2.30. The number of cyclic esters (lactones) is 1. The Kier molecular flexibility index (Phi) is 2.68. The van der Waals surface area contributed by atoms with Gasteiger partial charge in [-0.05, 0) is 25.0 Å². The first-order valence-corrected chi connectivity index (χ1v) is 4.87. The van der Waals surface area contributed by atoms with Gasteiger partial charge in [0, 0.05) is 12.2 Å². The standard InChI is InChI=1S/C11H13NO2/c13-11-12(8-4-5-9-14-11)10-6-2-1-3-7-10/h1-3,6-7H,4-5,8-9H2. The van der Waals surface area contributed by atoms with E-state index in [2.05, 4.69) is 0 Å². The van der Waals surface area contributed by atoms with Gasteiger partial charge in [-0.3, -0.25) is 4.90 Å². The molecule has 0 unspecified atom stereocenters. The Hall–Kier alpha value is -1.51. The molecule has 1 aliphatic heterocycles. The SMILES string of the molecule is O=C1OCCCCN1c1ccccc1. The summed E-state index contributed by atoms with van der Waals surface area (Å²) in [7, 11) is 0. The lowest BCUT2D eigenvalue weighted by Gasteiger charge is -2.18. The van der Waals surface area contributed by atoms with Crippen molar-refractivity contribution in [2.45, 2.75) is 12.8 Å². The van der Waals surface area contributed by atoms with Crippen LogP contribution in [0.15, 0.2) is 30.3 Å². The molecule has 0 N–H and O–H groups in total. The third-order valence-corrected chi connectivity index (χ3v) is 2.29. The maximum Gasteiger partial charge on any atom is 0.414 e. The molecule has 1 fully saturated rings. The topological polar surface area (TPSA) is 29.5 Å². The number of anilines is 1. The third-order valence-electron chi connectivity index (χ3n) is 2.29. The number of hydrogen-bond donors (Lipinski definition) is 0. The van der Waals surface area contributed by atoms with E-state index < -0.39 is 0 Å². The second kappa shape index (κ2) is 4.13. The first-order valence-electron chi connectivity index (χ1n) is 4.87. The molecule has 2 rings (SSSR count). The summed E-state index contributed by atoms with van der Waals surface area (Å²) < 4.78 is 5.06. The summed E-state index contributed by atoms with van der Waals surface area (Å²) in [6, 6.07) is 9.63. The average Bonchev–Trinajstić information content (AvgIpc) is 2.44. The van der Waals surface area contributed by atoms with Gasteiger partial charge in [0.1, 0.15) is 0 Å². The van der Waals surface area contributed by atoms with E-state index in [0.29, 0.717) is 6.61 Å². The average molecular weight is 191 g/mol. The number of rotatable bonds is 1. The largest absolute Gasteiger partial charge is 0.449 e. The molecule has 0 aromatic heterocycles. The Bertz CT molecular complexity index is 310. The predicted molar refractivity (Wildman–Crippen MR) is 54.4 cm³/mol. The van der Waals surface area contributed by atoms with Gasteiger partial charge < -0.3 is 4.74 Å². The Morgan fingerprint density at radius 1 is 1.14 bits per heavy atom. The molecule has 0 spiro atoms. The van der Waals surface area contributed by atoms with Crippen LogP contribution in [0.5, 0.6) is 0 Å². The third kappa shape index (κ3) is 1.87. The van der Waals surface area contributed by atoms with Gasteiger partial charge in [0.25, 0.3) is 0 Å². The fourth-order valence-corrected chi connectivity index (χ4v) is 1.54. The first-order chi connectivity index (χ1) is 6.88. The van der Waals surface area contributed by atoms with Gasteiger partial charge in [-0.1, -0.05) is 18.2 Å². The van der Waals surface area contributed by atoms with E-state index in [-0.39, 0.29) is 6.09 Å². The van der Waals surface area contributed by atoms with Crippen LogP contribution in [0.25, 0.3) is 0 Å². The van der Waals surface area contributed by atoms with Crippen molar-refractivity contribution in [2.75, 3.05) is 18.1 Å². The Morgan fingerprint density at radius 2 is 1.93 bits per heavy atom. The van der Waals surface area contributed by atoms with Gasteiger partial charge in [0.05, 0.1) is 6.61 Å². The van der Waals surface area contributed by atoms with Gasteiger partial charge in [-0.2, -0.15) is 0 Å². The molecule has 1 amide bonds. The molecule has 1 aromatic rings. The Labute approximate surface area is 83.3 Å². The van der Waals surface area contributed by atoms with Crippen molar-refractivity contribution in [3.05, 3.63) is 30.3 Å². The molecular formula is C11H13NO2. The van der Waals surface area contributed by atoms with Crippen molar-refractivity contribution >= 4 is 11.8 Å². The number of ether oxygens (including phenoxy) is 1. The number of nitrogens with zero attached hydrogens (tertiary/aromatic N) is 1. The zero-order valence-electron chi connectivity index (χ0n) is 7.98. The number of hydrogen-bond acceptors (Lipinski definition) is 2. The van der Waals surface area contributed by atoms with Crippen molar-refractivity contribution in [3.8, 4) is 0 Å². The van der Waals surface area contributed by atoms with E-state index in [1.165, 1.54) is 0 Å². The molecule has 74 valence electrons. The smallest absolute Gasteiger partial charge is 0.414 e. The van der Waals surface area contributed by atoms with Crippen LogP contribution in [0.4, 0.5) is 10.5 Å². The minimum atomic E-state index is -0.228. The highest BCUT2D eigenvalue weighted by molar-refractivity contribution is 5.87. The molecule has 1 heterocycles. The fraction of sp³-hybridized carbons (Fsp3) is 0.364. The van der Waals surface area contributed by atoms with Crippen LogP contribution in [-0.4, -0.2) is 19.2 Å². The second-order valence-corrected chi connectivity index (χ2v) is 3.31. The first kappa shape index (κ1) is 9.06. The zero-order valence-corrected chi connectivity index (χ0v) is 7.98. The van der Waals surface area contributed by atoms with Crippen molar-refractivity contribution in [3.63, 3.8) is 0 Å². The summed E-state index contributed by atoms with van der Waals surface area (Å²) in [5, 5.41) is 0. The van der Waals surface area contributed by atoms with Crippen molar-refractivity contribution < 1.29 is 9.53 Å². The lowest BCUT2D eigenvalue weighted by atomic mass is 10.2. The normalized spacial score (nSPS) is 17.4. The molecular weight excluding hydrogens is 178 g/mol. The van der Waals surface area contributed by atoms with E-state index >= 15 is 0 Å². The number of para-hydroxylation sites is 1. The van der Waals surface area contributed by atoms with Crippen LogP contribution in [0.1, 0.15) is 12.8 Å². The molecule has 3 nitrogen and oxygen atoms in total. The number of amides is 1. The molecule has 1 aliphatic rings. The quantitative estimate of drug-likeness (QED) is 0.682. The van der Waals surface area contributed by atoms with Gasteiger partial charge >= 0.3 is 6.09 Å². The summed E-state index contributed by atoms with van der Waals surface area (Å²) in [5.41, 5.74) is 0.916. The van der Waals surface area contributed by atoms with Crippen LogP contribution >= 0.6 is 0 Å². The maximum atomic E-state index is 11.5. The second-order valence-electron chi connectivity index (χ2n) is 3.31. The van der Waals surface area contributed by atoms with E-state index in [1.807, 2.05) is 30.3 Å². The zero-order chi connectivity index (χ0) is 9.80. The van der Waals surface area contributed by atoms with Gasteiger partial charge in [-0.15, -0.1) is 0 Å². The highest BCUT2D eigenvalue weighted by Crippen LogP contribution is 2.17. The van der Waals surface area contributed by atoms with Crippen LogP contribution in [0.2, 0.25) is 0 Å². The number of benzene rings is 1. The fourth-order valence-electron chi connectivity index (χ4n) is 1.54.